The van der Waals surface area contributed by atoms with Crippen molar-refractivity contribution in [3.8, 4) is 11.3 Å². The number of aromatic nitrogens is 1. The van der Waals surface area contributed by atoms with Gasteiger partial charge in [-0.25, -0.2) is 4.98 Å². The summed E-state index contributed by atoms with van der Waals surface area (Å²) in [5.74, 6) is -0.145. The number of halogens is 2. The molecule has 23 heavy (non-hydrogen) atoms. The summed E-state index contributed by atoms with van der Waals surface area (Å²) in [5.41, 5.74) is 7.43. The fraction of sp³-hybridized carbons (Fsp3) is 0.333. The second kappa shape index (κ2) is 9.34. The molecular formula is C15H19BrClN3O2S. The number of methoxy groups -OCH3 is 1. The van der Waals surface area contributed by atoms with E-state index in [9.17, 15) is 4.79 Å². The van der Waals surface area contributed by atoms with E-state index in [-0.39, 0.29) is 30.8 Å². The summed E-state index contributed by atoms with van der Waals surface area (Å²) in [6.45, 7) is 2.30. The van der Waals surface area contributed by atoms with E-state index in [1.165, 1.54) is 11.3 Å². The van der Waals surface area contributed by atoms with E-state index in [1.807, 2.05) is 31.2 Å². The van der Waals surface area contributed by atoms with Gasteiger partial charge < -0.3 is 15.8 Å². The van der Waals surface area contributed by atoms with Gasteiger partial charge in [0.2, 0.25) is 5.91 Å². The van der Waals surface area contributed by atoms with Gasteiger partial charge in [-0.2, -0.15) is 0 Å². The van der Waals surface area contributed by atoms with Crippen LogP contribution in [-0.4, -0.2) is 30.6 Å². The first kappa shape index (κ1) is 20.1. The largest absolute Gasteiger partial charge is 0.380 e. The number of anilines is 1. The molecule has 2 rings (SSSR count). The molecule has 2 aromatic rings. The van der Waals surface area contributed by atoms with Crippen LogP contribution in [0.3, 0.4) is 0 Å². The molecule has 0 radical (unpaired) electrons. The van der Waals surface area contributed by atoms with Crippen molar-refractivity contribution in [3.63, 3.8) is 0 Å². The third-order valence-corrected chi connectivity index (χ3v) is 4.58. The Labute approximate surface area is 154 Å². The van der Waals surface area contributed by atoms with Crippen molar-refractivity contribution in [2.75, 3.05) is 19.0 Å². The highest BCUT2D eigenvalue weighted by Gasteiger charge is 2.15. The minimum Gasteiger partial charge on any atom is -0.380 e. The van der Waals surface area contributed by atoms with E-state index < -0.39 is 0 Å². The Morgan fingerprint density at radius 3 is 2.65 bits per heavy atom. The predicted molar refractivity (Wildman–Crippen MR) is 100 cm³/mol. The fourth-order valence-corrected chi connectivity index (χ4v) is 3.08. The highest BCUT2D eigenvalue weighted by atomic mass is 79.9. The van der Waals surface area contributed by atoms with Crippen LogP contribution < -0.4 is 11.1 Å². The maximum Gasteiger partial charge on any atom is 0.228 e. The van der Waals surface area contributed by atoms with Crippen LogP contribution >= 0.6 is 39.7 Å². The van der Waals surface area contributed by atoms with Crippen LogP contribution in [0.1, 0.15) is 11.3 Å². The number of thiazole rings is 1. The van der Waals surface area contributed by atoms with Crippen molar-refractivity contribution in [1.29, 1.82) is 0 Å². The van der Waals surface area contributed by atoms with Gasteiger partial charge in [-0.1, -0.05) is 28.1 Å². The lowest BCUT2D eigenvalue weighted by Gasteiger charge is -2.11. The number of nitrogens with zero attached hydrogens (tertiary/aromatic N) is 1. The number of aryl methyl sites for hydroxylation is 1. The summed E-state index contributed by atoms with van der Waals surface area (Å²) in [6.07, 6.45) is -0.0498. The van der Waals surface area contributed by atoms with Gasteiger partial charge in [0.1, 0.15) is 0 Å². The summed E-state index contributed by atoms with van der Waals surface area (Å²) in [4.78, 5) is 17.5. The molecule has 3 N–H and O–H groups in total. The molecule has 5 nitrogen and oxygen atoms in total. The second-order valence-corrected chi connectivity index (χ2v) is 6.90. The van der Waals surface area contributed by atoms with Gasteiger partial charge >= 0.3 is 0 Å². The number of ether oxygens (including phenoxy) is 1. The molecule has 0 saturated carbocycles. The standard InChI is InChI=1S/C15H18BrN3O2S.ClH/c1-9-14(10-3-5-11(16)6-4-10)19-15(22-9)18-13(20)7-12(8-17)21-2;/h3-6,12H,7-8,17H2,1-2H3,(H,18,19,20);1H. The average molecular weight is 421 g/mol. The third kappa shape index (κ3) is 5.54. The van der Waals surface area contributed by atoms with Crippen LogP contribution in [0.15, 0.2) is 28.7 Å². The van der Waals surface area contributed by atoms with Gasteiger partial charge in [-0.05, 0) is 19.1 Å². The van der Waals surface area contributed by atoms with E-state index in [0.29, 0.717) is 11.7 Å². The Morgan fingerprint density at radius 1 is 1.43 bits per heavy atom. The summed E-state index contributed by atoms with van der Waals surface area (Å²) in [7, 11) is 1.55. The van der Waals surface area contributed by atoms with Crippen LogP contribution in [0.25, 0.3) is 11.3 Å². The third-order valence-electron chi connectivity index (χ3n) is 3.17. The van der Waals surface area contributed by atoms with Gasteiger partial charge in [0.15, 0.2) is 5.13 Å². The van der Waals surface area contributed by atoms with Crippen molar-refractivity contribution < 1.29 is 9.53 Å². The Balaban J connectivity index is 0.00000264. The maximum absolute atomic E-state index is 12.0. The number of carbonyl (C=O) groups excluding carboxylic acids is 1. The summed E-state index contributed by atoms with van der Waals surface area (Å²) in [5, 5.41) is 3.40. The molecule has 1 amide bonds. The van der Waals surface area contributed by atoms with Crippen LogP contribution in [0.5, 0.6) is 0 Å². The molecule has 1 aromatic heterocycles. The zero-order valence-corrected chi connectivity index (χ0v) is 16.1. The predicted octanol–water partition coefficient (Wildman–Crippen LogP) is 3.61. The molecule has 1 heterocycles. The minimum absolute atomic E-state index is 0. The monoisotopic (exact) mass is 419 g/mol. The molecular weight excluding hydrogens is 402 g/mol. The first-order chi connectivity index (χ1) is 10.5. The SMILES string of the molecule is COC(CN)CC(=O)Nc1nc(-c2ccc(Br)cc2)c(C)s1.Cl. The molecule has 1 atom stereocenters. The second-order valence-electron chi connectivity index (χ2n) is 4.78. The lowest BCUT2D eigenvalue weighted by atomic mass is 10.1. The highest BCUT2D eigenvalue weighted by molar-refractivity contribution is 9.10. The number of benzene rings is 1. The number of nitrogens with two attached hydrogens (primary N) is 1. The zero-order valence-electron chi connectivity index (χ0n) is 12.8. The van der Waals surface area contributed by atoms with E-state index in [2.05, 4.69) is 26.2 Å². The van der Waals surface area contributed by atoms with E-state index in [1.54, 1.807) is 7.11 Å². The van der Waals surface area contributed by atoms with Crippen molar-refractivity contribution in [1.82, 2.24) is 4.98 Å². The Kier molecular flexibility index (Phi) is 8.15. The maximum atomic E-state index is 12.0. The summed E-state index contributed by atoms with van der Waals surface area (Å²) in [6, 6.07) is 7.92. The van der Waals surface area contributed by atoms with Crippen LogP contribution in [0.4, 0.5) is 5.13 Å². The van der Waals surface area contributed by atoms with Crippen molar-refractivity contribution >= 4 is 50.7 Å². The number of carbonyl (C=O) groups is 1. The van der Waals surface area contributed by atoms with Gasteiger partial charge in [0, 0.05) is 28.6 Å². The summed E-state index contributed by atoms with van der Waals surface area (Å²) < 4.78 is 6.13. The normalized spacial score (nSPS) is 11.7. The number of nitrogens with one attached hydrogen (secondary N) is 1. The van der Waals surface area contributed by atoms with Gasteiger partial charge in [-0.3, -0.25) is 4.79 Å². The molecule has 8 heteroatoms. The molecule has 0 bridgehead atoms. The van der Waals surface area contributed by atoms with Crippen LogP contribution in [0.2, 0.25) is 0 Å². The molecule has 0 aliphatic rings. The lowest BCUT2D eigenvalue weighted by Crippen LogP contribution is -2.28. The molecule has 0 aliphatic carbocycles. The summed E-state index contributed by atoms with van der Waals surface area (Å²) >= 11 is 4.87. The molecule has 0 spiro atoms. The highest BCUT2D eigenvalue weighted by Crippen LogP contribution is 2.31. The van der Waals surface area contributed by atoms with Gasteiger partial charge in [-0.15, -0.1) is 23.7 Å². The van der Waals surface area contributed by atoms with Gasteiger partial charge in [0.05, 0.1) is 18.2 Å². The smallest absolute Gasteiger partial charge is 0.228 e. The van der Waals surface area contributed by atoms with Gasteiger partial charge in [0.25, 0.3) is 0 Å². The zero-order chi connectivity index (χ0) is 16.1. The minimum atomic E-state index is -0.271. The van der Waals surface area contributed by atoms with E-state index in [4.69, 9.17) is 10.5 Å². The van der Waals surface area contributed by atoms with Crippen molar-refractivity contribution in [2.45, 2.75) is 19.4 Å². The average Bonchev–Trinajstić information content (AvgIpc) is 2.86. The van der Waals surface area contributed by atoms with E-state index >= 15 is 0 Å². The van der Waals surface area contributed by atoms with Crippen molar-refractivity contribution in [3.05, 3.63) is 33.6 Å². The topological polar surface area (TPSA) is 77.2 Å². The number of hydrogen-bond acceptors (Lipinski definition) is 5. The lowest BCUT2D eigenvalue weighted by molar-refractivity contribution is -0.118. The Hall–Kier alpha value is -0.990. The molecule has 0 aliphatic heterocycles. The number of rotatable bonds is 6. The van der Waals surface area contributed by atoms with Crippen LogP contribution in [0, 0.1) is 6.92 Å². The molecule has 0 fully saturated rings. The quantitative estimate of drug-likeness (QED) is 0.748. The first-order valence-electron chi connectivity index (χ1n) is 6.79. The Morgan fingerprint density at radius 2 is 2.09 bits per heavy atom. The number of hydrogen-bond donors (Lipinski definition) is 2. The fourth-order valence-electron chi connectivity index (χ4n) is 1.97. The molecule has 126 valence electrons. The number of amides is 1. The molecule has 1 aromatic carbocycles. The molecule has 0 saturated heterocycles. The first-order valence-corrected chi connectivity index (χ1v) is 8.40. The van der Waals surface area contributed by atoms with E-state index in [0.717, 1.165) is 20.6 Å². The van der Waals surface area contributed by atoms with Crippen LogP contribution in [-0.2, 0) is 9.53 Å². The van der Waals surface area contributed by atoms with Crippen molar-refractivity contribution in [2.24, 2.45) is 5.73 Å². The Bertz CT molecular complexity index is 645. The molecule has 1 unspecified atom stereocenters.